The molecule has 30 heavy (non-hydrogen) atoms. The Morgan fingerprint density at radius 1 is 1.13 bits per heavy atom. The number of carbonyl (C=O) groups excluding carboxylic acids is 2. The van der Waals surface area contributed by atoms with Crippen LogP contribution in [0.1, 0.15) is 24.8 Å². The number of amides is 2. The Morgan fingerprint density at radius 2 is 1.93 bits per heavy atom. The van der Waals surface area contributed by atoms with Crippen molar-refractivity contribution >= 4 is 11.8 Å². The number of rotatable bonds is 6. The summed E-state index contributed by atoms with van der Waals surface area (Å²) in [5, 5.41) is 0. The molecule has 4 rings (SSSR count). The third-order valence-electron chi connectivity index (χ3n) is 6.29. The highest BCUT2D eigenvalue weighted by Crippen LogP contribution is 2.29. The zero-order valence-corrected chi connectivity index (χ0v) is 17.4. The molecule has 1 aromatic carbocycles. The Kier molecular flexibility index (Phi) is 6.26. The number of benzene rings is 1. The summed E-state index contributed by atoms with van der Waals surface area (Å²) in [6.07, 6.45) is 9.12. The molecular formula is C25H29N3O2. The van der Waals surface area contributed by atoms with E-state index in [0.717, 1.165) is 36.0 Å². The molecule has 5 heteroatoms. The van der Waals surface area contributed by atoms with Crippen LogP contribution in [0, 0.1) is 11.8 Å². The van der Waals surface area contributed by atoms with Crippen LogP contribution in [-0.2, 0) is 16.0 Å². The standard InChI is InChI=1S/C25H29N3O2/c1-2-13-27-14-15-28(24(29)21-5-3-6-21)18-23(25(27)30)16-19-8-10-20(11-9-19)22-7-4-12-26-17-22/h2,4,7-12,17,21,23H,1,3,5-6,13-16,18H2. The van der Waals surface area contributed by atoms with Gasteiger partial charge < -0.3 is 9.80 Å². The number of hydrogen-bond acceptors (Lipinski definition) is 3. The van der Waals surface area contributed by atoms with Crippen LogP contribution in [0.25, 0.3) is 11.1 Å². The summed E-state index contributed by atoms with van der Waals surface area (Å²) in [7, 11) is 0. The summed E-state index contributed by atoms with van der Waals surface area (Å²) in [5.41, 5.74) is 3.29. The minimum atomic E-state index is -0.222. The second-order valence-electron chi connectivity index (χ2n) is 8.32. The zero-order valence-electron chi connectivity index (χ0n) is 17.4. The molecule has 1 aliphatic heterocycles. The van der Waals surface area contributed by atoms with Crippen molar-refractivity contribution in [3.8, 4) is 11.1 Å². The van der Waals surface area contributed by atoms with Gasteiger partial charge in [0, 0.05) is 44.5 Å². The van der Waals surface area contributed by atoms with Gasteiger partial charge in [-0.2, -0.15) is 0 Å². The number of hydrogen-bond donors (Lipinski definition) is 0. The van der Waals surface area contributed by atoms with Crippen LogP contribution in [0.3, 0.4) is 0 Å². The van der Waals surface area contributed by atoms with E-state index < -0.39 is 0 Å². The quantitative estimate of drug-likeness (QED) is 0.693. The lowest BCUT2D eigenvalue weighted by atomic mass is 9.84. The minimum Gasteiger partial charge on any atom is -0.340 e. The van der Waals surface area contributed by atoms with E-state index in [9.17, 15) is 9.59 Å². The molecule has 1 atom stereocenters. The average Bonchev–Trinajstić information content (AvgIpc) is 2.88. The second kappa shape index (κ2) is 9.24. The van der Waals surface area contributed by atoms with E-state index in [-0.39, 0.29) is 23.7 Å². The number of pyridine rings is 1. The van der Waals surface area contributed by atoms with Gasteiger partial charge in [-0.3, -0.25) is 14.6 Å². The number of aromatic nitrogens is 1. The lowest BCUT2D eigenvalue weighted by Crippen LogP contribution is -2.42. The Bertz CT molecular complexity index is 890. The van der Waals surface area contributed by atoms with Gasteiger partial charge in [-0.25, -0.2) is 0 Å². The fourth-order valence-electron chi connectivity index (χ4n) is 4.30. The van der Waals surface area contributed by atoms with Crippen LogP contribution in [-0.4, -0.2) is 52.8 Å². The molecule has 1 unspecified atom stereocenters. The van der Waals surface area contributed by atoms with Gasteiger partial charge in [0.1, 0.15) is 0 Å². The van der Waals surface area contributed by atoms with E-state index in [1.807, 2.05) is 28.1 Å². The smallest absolute Gasteiger partial charge is 0.228 e. The van der Waals surface area contributed by atoms with E-state index in [2.05, 4.69) is 35.8 Å². The lowest BCUT2D eigenvalue weighted by molar-refractivity contribution is -0.138. The summed E-state index contributed by atoms with van der Waals surface area (Å²) in [6, 6.07) is 12.3. The first kappa shape index (κ1) is 20.3. The average molecular weight is 404 g/mol. The zero-order chi connectivity index (χ0) is 20.9. The molecule has 2 fully saturated rings. The van der Waals surface area contributed by atoms with Gasteiger partial charge in [-0.1, -0.05) is 42.8 Å². The lowest BCUT2D eigenvalue weighted by Gasteiger charge is -2.31. The maximum absolute atomic E-state index is 13.2. The van der Waals surface area contributed by atoms with Gasteiger partial charge in [0.05, 0.1) is 5.92 Å². The summed E-state index contributed by atoms with van der Waals surface area (Å²) < 4.78 is 0. The molecule has 5 nitrogen and oxygen atoms in total. The van der Waals surface area contributed by atoms with Crippen molar-refractivity contribution in [2.75, 3.05) is 26.2 Å². The summed E-state index contributed by atoms with van der Waals surface area (Å²) >= 11 is 0. The largest absolute Gasteiger partial charge is 0.340 e. The normalized spacial score (nSPS) is 19.9. The molecule has 2 amide bonds. The van der Waals surface area contributed by atoms with Crippen molar-refractivity contribution in [1.29, 1.82) is 0 Å². The molecule has 0 bridgehead atoms. The Balaban J connectivity index is 1.50. The van der Waals surface area contributed by atoms with Crippen molar-refractivity contribution in [3.63, 3.8) is 0 Å². The molecule has 2 aliphatic rings. The van der Waals surface area contributed by atoms with Gasteiger partial charge in [0.2, 0.25) is 11.8 Å². The second-order valence-corrected chi connectivity index (χ2v) is 8.32. The topological polar surface area (TPSA) is 53.5 Å². The van der Waals surface area contributed by atoms with Crippen molar-refractivity contribution < 1.29 is 9.59 Å². The van der Waals surface area contributed by atoms with Gasteiger partial charge >= 0.3 is 0 Å². The van der Waals surface area contributed by atoms with Crippen molar-refractivity contribution in [2.24, 2.45) is 11.8 Å². The molecule has 0 spiro atoms. The molecule has 2 heterocycles. The highest BCUT2D eigenvalue weighted by Gasteiger charge is 2.35. The van der Waals surface area contributed by atoms with Gasteiger partial charge in [0.15, 0.2) is 0 Å². The molecule has 1 aromatic heterocycles. The Hall–Kier alpha value is -2.95. The van der Waals surface area contributed by atoms with Crippen LogP contribution in [0.2, 0.25) is 0 Å². The maximum atomic E-state index is 13.2. The van der Waals surface area contributed by atoms with Crippen molar-refractivity contribution in [2.45, 2.75) is 25.7 Å². The summed E-state index contributed by atoms with van der Waals surface area (Å²) in [6.45, 7) is 6.03. The first-order valence-corrected chi connectivity index (χ1v) is 10.8. The first-order chi connectivity index (χ1) is 14.7. The monoisotopic (exact) mass is 403 g/mol. The highest BCUT2D eigenvalue weighted by molar-refractivity contribution is 5.83. The summed E-state index contributed by atoms with van der Waals surface area (Å²) in [4.78, 5) is 34.0. The van der Waals surface area contributed by atoms with Crippen LogP contribution < -0.4 is 0 Å². The predicted molar refractivity (Wildman–Crippen MR) is 118 cm³/mol. The number of carbonyl (C=O) groups is 2. The van der Waals surface area contributed by atoms with Crippen LogP contribution in [0.15, 0.2) is 61.4 Å². The third kappa shape index (κ3) is 4.45. The SMILES string of the molecule is C=CCN1CCN(C(=O)C2CCC2)CC(Cc2ccc(-c3cccnc3)cc2)C1=O. The van der Waals surface area contributed by atoms with Gasteiger partial charge in [0.25, 0.3) is 0 Å². The fourth-order valence-corrected chi connectivity index (χ4v) is 4.30. The van der Waals surface area contributed by atoms with E-state index in [4.69, 9.17) is 0 Å². The molecule has 2 aromatic rings. The predicted octanol–water partition coefficient (Wildman–Crippen LogP) is 3.56. The van der Waals surface area contributed by atoms with Crippen molar-refractivity contribution in [1.82, 2.24) is 14.8 Å². The fraction of sp³-hybridized carbons (Fsp3) is 0.400. The molecular weight excluding hydrogens is 374 g/mol. The van der Waals surface area contributed by atoms with Gasteiger partial charge in [-0.15, -0.1) is 6.58 Å². The minimum absolute atomic E-state index is 0.121. The molecule has 0 N–H and O–H groups in total. The Morgan fingerprint density at radius 3 is 2.57 bits per heavy atom. The third-order valence-corrected chi connectivity index (χ3v) is 6.29. The molecule has 0 radical (unpaired) electrons. The van der Waals surface area contributed by atoms with Crippen LogP contribution >= 0.6 is 0 Å². The van der Waals surface area contributed by atoms with Crippen LogP contribution in [0.4, 0.5) is 0 Å². The molecule has 156 valence electrons. The maximum Gasteiger partial charge on any atom is 0.228 e. The van der Waals surface area contributed by atoms with E-state index in [1.54, 1.807) is 12.3 Å². The van der Waals surface area contributed by atoms with E-state index in [1.165, 1.54) is 0 Å². The van der Waals surface area contributed by atoms with Crippen molar-refractivity contribution in [3.05, 3.63) is 67.0 Å². The summed E-state index contributed by atoms with van der Waals surface area (Å²) in [5.74, 6) is 0.285. The molecule has 1 aliphatic carbocycles. The highest BCUT2D eigenvalue weighted by atomic mass is 16.2. The van der Waals surface area contributed by atoms with E-state index in [0.29, 0.717) is 32.6 Å². The van der Waals surface area contributed by atoms with E-state index >= 15 is 0 Å². The molecule has 1 saturated carbocycles. The molecule has 1 saturated heterocycles. The van der Waals surface area contributed by atoms with Gasteiger partial charge in [-0.05, 0) is 42.0 Å². The number of nitrogens with zero attached hydrogens (tertiary/aromatic N) is 3. The Labute approximate surface area is 178 Å². The first-order valence-electron chi connectivity index (χ1n) is 10.8. The van der Waals surface area contributed by atoms with Crippen LogP contribution in [0.5, 0.6) is 0 Å².